The summed E-state index contributed by atoms with van der Waals surface area (Å²) < 4.78 is 1.72. The fourth-order valence-corrected chi connectivity index (χ4v) is 3.65. The van der Waals surface area contributed by atoms with Gasteiger partial charge < -0.3 is 5.32 Å². The topological polar surface area (TPSA) is 46.9 Å². The third-order valence-electron chi connectivity index (χ3n) is 4.09. The van der Waals surface area contributed by atoms with Crippen LogP contribution in [0.3, 0.4) is 0 Å². The number of thiophene rings is 1. The van der Waals surface area contributed by atoms with Crippen molar-refractivity contribution in [3.63, 3.8) is 0 Å². The SMILES string of the molecule is O=c1c2ccsc2ncn1CCNC1CCCCCC1. The summed E-state index contributed by atoms with van der Waals surface area (Å²) in [6.45, 7) is 1.55. The number of aromatic nitrogens is 2. The number of nitrogens with one attached hydrogen (secondary N) is 1. The zero-order valence-electron chi connectivity index (χ0n) is 11.7. The van der Waals surface area contributed by atoms with E-state index >= 15 is 0 Å². The molecule has 0 saturated heterocycles. The summed E-state index contributed by atoms with van der Waals surface area (Å²) in [6.07, 6.45) is 9.64. The Morgan fingerprint density at radius 3 is 2.90 bits per heavy atom. The molecular weight excluding hydrogens is 270 g/mol. The van der Waals surface area contributed by atoms with E-state index in [1.807, 2.05) is 11.4 Å². The molecule has 0 unspecified atom stereocenters. The van der Waals surface area contributed by atoms with Crippen LogP contribution in [0.1, 0.15) is 38.5 Å². The molecule has 0 amide bonds. The molecule has 0 bridgehead atoms. The van der Waals surface area contributed by atoms with Gasteiger partial charge in [0.05, 0.1) is 11.7 Å². The van der Waals surface area contributed by atoms with Gasteiger partial charge in [-0.15, -0.1) is 11.3 Å². The Balaban J connectivity index is 1.59. The van der Waals surface area contributed by atoms with E-state index in [1.165, 1.54) is 49.9 Å². The van der Waals surface area contributed by atoms with Crippen LogP contribution in [0, 0.1) is 0 Å². The van der Waals surface area contributed by atoms with Crippen LogP contribution < -0.4 is 10.9 Å². The molecule has 2 heterocycles. The highest BCUT2D eigenvalue weighted by molar-refractivity contribution is 7.16. The Bertz CT molecular complexity index is 611. The minimum Gasteiger partial charge on any atom is -0.312 e. The molecule has 108 valence electrons. The van der Waals surface area contributed by atoms with Gasteiger partial charge in [0.2, 0.25) is 0 Å². The fraction of sp³-hybridized carbons (Fsp3) is 0.600. The van der Waals surface area contributed by atoms with E-state index in [2.05, 4.69) is 10.3 Å². The van der Waals surface area contributed by atoms with Crippen molar-refractivity contribution in [2.24, 2.45) is 0 Å². The van der Waals surface area contributed by atoms with E-state index in [9.17, 15) is 4.79 Å². The number of hydrogen-bond donors (Lipinski definition) is 1. The van der Waals surface area contributed by atoms with E-state index in [4.69, 9.17) is 0 Å². The molecule has 0 aromatic carbocycles. The molecule has 0 spiro atoms. The molecule has 5 heteroatoms. The Morgan fingerprint density at radius 1 is 1.30 bits per heavy atom. The standard InChI is InChI=1S/C15H21N3OS/c19-15-13-7-10-20-14(13)17-11-18(15)9-8-16-12-5-3-1-2-4-6-12/h7,10-12,16H,1-6,8-9H2. The molecule has 20 heavy (non-hydrogen) atoms. The van der Waals surface area contributed by atoms with Gasteiger partial charge in [-0.25, -0.2) is 4.98 Å². The highest BCUT2D eigenvalue weighted by Gasteiger charge is 2.11. The van der Waals surface area contributed by atoms with Crippen LogP contribution in [-0.2, 0) is 6.54 Å². The smallest absolute Gasteiger partial charge is 0.262 e. The van der Waals surface area contributed by atoms with E-state index in [1.54, 1.807) is 10.9 Å². The summed E-state index contributed by atoms with van der Waals surface area (Å²) >= 11 is 1.52. The lowest BCUT2D eigenvalue weighted by Crippen LogP contribution is -2.33. The molecule has 1 fully saturated rings. The second-order valence-electron chi connectivity index (χ2n) is 5.53. The summed E-state index contributed by atoms with van der Waals surface area (Å²) in [7, 11) is 0. The zero-order chi connectivity index (χ0) is 13.8. The molecule has 4 nitrogen and oxygen atoms in total. The number of fused-ring (bicyclic) bond motifs is 1. The second-order valence-corrected chi connectivity index (χ2v) is 6.42. The van der Waals surface area contributed by atoms with Crippen molar-refractivity contribution in [1.82, 2.24) is 14.9 Å². The van der Waals surface area contributed by atoms with Crippen molar-refractivity contribution in [3.8, 4) is 0 Å². The summed E-state index contributed by atoms with van der Waals surface area (Å²) in [5.41, 5.74) is 0.0823. The maximum Gasteiger partial charge on any atom is 0.262 e. The third-order valence-corrected chi connectivity index (χ3v) is 4.91. The van der Waals surface area contributed by atoms with E-state index in [-0.39, 0.29) is 5.56 Å². The lowest BCUT2D eigenvalue weighted by atomic mass is 10.1. The van der Waals surface area contributed by atoms with Gasteiger partial charge in [-0.2, -0.15) is 0 Å². The molecule has 1 aliphatic carbocycles. The monoisotopic (exact) mass is 291 g/mol. The molecule has 1 aliphatic rings. The highest BCUT2D eigenvalue weighted by Crippen LogP contribution is 2.17. The van der Waals surface area contributed by atoms with Gasteiger partial charge in [-0.05, 0) is 24.3 Å². The average Bonchev–Trinajstić information content (AvgIpc) is 2.79. The quantitative estimate of drug-likeness (QED) is 0.881. The Morgan fingerprint density at radius 2 is 2.10 bits per heavy atom. The van der Waals surface area contributed by atoms with Crippen molar-refractivity contribution >= 4 is 21.6 Å². The normalized spacial score (nSPS) is 17.4. The summed E-state index contributed by atoms with van der Waals surface area (Å²) in [4.78, 5) is 17.4. The van der Waals surface area contributed by atoms with Crippen molar-refractivity contribution in [2.45, 2.75) is 51.1 Å². The van der Waals surface area contributed by atoms with Crippen molar-refractivity contribution < 1.29 is 0 Å². The second kappa shape index (κ2) is 6.50. The average molecular weight is 291 g/mol. The van der Waals surface area contributed by atoms with Gasteiger partial charge >= 0.3 is 0 Å². The van der Waals surface area contributed by atoms with E-state index in [0.717, 1.165) is 16.8 Å². The lowest BCUT2D eigenvalue weighted by molar-refractivity contribution is 0.442. The van der Waals surface area contributed by atoms with Gasteiger partial charge in [0.1, 0.15) is 4.83 Å². The molecule has 2 aromatic heterocycles. The Hall–Kier alpha value is -1.20. The third kappa shape index (κ3) is 3.10. The van der Waals surface area contributed by atoms with Crippen molar-refractivity contribution in [1.29, 1.82) is 0 Å². The summed E-state index contributed by atoms with van der Waals surface area (Å²) in [6, 6.07) is 2.50. The largest absolute Gasteiger partial charge is 0.312 e. The number of rotatable bonds is 4. The minimum absolute atomic E-state index is 0.0823. The molecule has 0 radical (unpaired) electrons. The molecule has 3 rings (SSSR count). The van der Waals surface area contributed by atoms with Gasteiger partial charge in [-0.1, -0.05) is 25.7 Å². The first-order chi connectivity index (χ1) is 9.84. The molecule has 0 aliphatic heterocycles. The van der Waals surface area contributed by atoms with Gasteiger partial charge in [0, 0.05) is 19.1 Å². The van der Waals surface area contributed by atoms with Crippen LogP contribution in [0.15, 0.2) is 22.6 Å². The first-order valence-corrected chi connectivity index (χ1v) is 8.38. The highest BCUT2D eigenvalue weighted by atomic mass is 32.1. The predicted molar refractivity (Wildman–Crippen MR) is 83.4 cm³/mol. The first kappa shape index (κ1) is 13.8. The summed E-state index contributed by atoms with van der Waals surface area (Å²) in [5, 5.41) is 6.26. The number of hydrogen-bond acceptors (Lipinski definition) is 4. The predicted octanol–water partition coefficient (Wildman–Crippen LogP) is 2.77. The maximum atomic E-state index is 12.2. The molecular formula is C15H21N3OS. The van der Waals surface area contributed by atoms with Crippen LogP contribution in [0.5, 0.6) is 0 Å². The van der Waals surface area contributed by atoms with Crippen LogP contribution >= 0.6 is 11.3 Å². The molecule has 1 N–H and O–H groups in total. The first-order valence-electron chi connectivity index (χ1n) is 7.50. The Kier molecular flexibility index (Phi) is 4.47. The zero-order valence-corrected chi connectivity index (χ0v) is 12.5. The lowest BCUT2D eigenvalue weighted by Gasteiger charge is -2.16. The fourth-order valence-electron chi connectivity index (χ4n) is 2.93. The van der Waals surface area contributed by atoms with Gasteiger partial charge in [0.15, 0.2) is 0 Å². The van der Waals surface area contributed by atoms with Crippen LogP contribution in [0.4, 0.5) is 0 Å². The molecule has 2 aromatic rings. The van der Waals surface area contributed by atoms with Crippen LogP contribution in [0.2, 0.25) is 0 Å². The van der Waals surface area contributed by atoms with E-state index < -0.39 is 0 Å². The molecule has 1 saturated carbocycles. The van der Waals surface area contributed by atoms with Crippen molar-refractivity contribution in [3.05, 3.63) is 28.1 Å². The van der Waals surface area contributed by atoms with Crippen LogP contribution in [-0.4, -0.2) is 22.1 Å². The molecule has 0 atom stereocenters. The maximum absolute atomic E-state index is 12.2. The Labute approximate surface area is 122 Å². The van der Waals surface area contributed by atoms with Crippen molar-refractivity contribution in [2.75, 3.05) is 6.54 Å². The summed E-state index contributed by atoms with van der Waals surface area (Å²) in [5.74, 6) is 0. The van der Waals surface area contributed by atoms with E-state index in [0.29, 0.717) is 12.6 Å². The van der Waals surface area contributed by atoms with Gasteiger partial charge in [0.25, 0.3) is 5.56 Å². The van der Waals surface area contributed by atoms with Gasteiger partial charge in [-0.3, -0.25) is 9.36 Å². The number of nitrogens with zero attached hydrogens (tertiary/aromatic N) is 2. The minimum atomic E-state index is 0.0823. The van der Waals surface area contributed by atoms with Crippen LogP contribution in [0.25, 0.3) is 10.2 Å².